The van der Waals surface area contributed by atoms with Crippen LogP contribution in [0.25, 0.3) is 21.8 Å². The Bertz CT molecular complexity index is 974. The van der Waals surface area contributed by atoms with Crippen molar-refractivity contribution in [3.63, 3.8) is 0 Å². The maximum absolute atomic E-state index is 11.7. The first kappa shape index (κ1) is 16.0. The molecule has 1 aliphatic rings. The SMILES string of the molecule is CC(=O)N1CCc2cc(-c3nc(-c4cccc(C)c4)sc3C)ccc21. The normalized spacial score (nSPS) is 13.2. The van der Waals surface area contributed by atoms with Crippen LogP contribution in [0.5, 0.6) is 0 Å². The van der Waals surface area contributed by atoms with E-state index in [4.69, 9.17) is 4.98 Å². The summed E-state index contributed by atoms with van der Waals surface area (Å²) in [7, 11) is 0. The molecule has 0 radical (unpaired) electrons. The van der Waals surface area contributed by atoms with Gasteiger partial charge in [0, 0.05) is 35.2 Å². The number of nitrogens with zero attached hydrogens (tertiary/aromatic N) is 2. The largest absolute Gasteiger partial charge is 0.312 e. The number of carbonyl (C=O) groups excluding carboxylic acids is 1. The molecule has 0 N–H and O–H groups in total. The van der Waals surface area contributed by atoms with Crippen molar-refractivity contribution in [1.29, 1.82) is 0 Å². The number of aromatic nitrogens is 1. The highest BCUT2D eigenvalue weighted by Crippen LogP contribution is 2.37. The van der Waals surface area contributed by atoms with Gasteiger partial charge in [0.05, 0.1) is 5.69 Å². The van der Waals surface area contributed by atoms with Crippen molar-refractivity contribution in [1.82, 2.24) is 4.98 Å². The Morgan fingerprint density at radius 2 is 1.96 bits per heavy atom. The van der Waals surface area contributed by atoms with Crippen LogP contribution in [0, 0.1) is 13.8 Å². The predicted molar refractivity (Wildman–Crippen MR) is 104 cm³/mol. The molecular weight excluding hydrogens is 328 g/mol. The summed E-state index contributed by atoms with van der Waals surface area (Å²) in [5.74, 6) is 0.109. The molecule has 0 spiro atoms. The van der Waals surface area contributed by atoms with E-state index in [1.807, 2.05) is 4.90 Å². The Balaban J connectivity index is 1.73. The Morgan fingerprint density at radius 3 is 2.72 bits per heavy atom. The van der Waals surface area contributed by atoms with Crippen LogP contribution in [0.2, 0.25) is 0 Å². The van der Waals surface area contributed by atoms with E-state index < -0.39 is 0 Å². The number of hydrogen-bond donors (Lipinski definition) is 0. The average molecular weight is 348 g/mol. The molecule has 1 aliphatic heterocycles. The third kappa shape index (κ3) is 2.87. The second-order valence-corrected chi connectivity index (χ2v) is 7.76. The number of thiazole rings is 1. The van der Waals surface area contributed by atoms with Crippen LogP contribution in [0.4, 0.5) is 5.69 Å². The van der Waals surface area contributed by atoms with Gasteiger partial charge in [0.15, 0.2) is 0 Å². The first-order valence-electron chi connectivity index (χ1n) is 8.49. The van der Waals surface area contributed by atoms with Crippen LogP contribution in [0.1, 0.15) is 22.9 Å². The highest BCUT2D eigenvalue weighted by molar-refractivity contribution is 7.15. The van der Waals surface area contributed by atoms with Gasteiger partial charge < -0.3 is 4.90 Å². The van der Waals surface area contributed by atoms with E-state index in [0.29, 0.717) is 0 Å². The number of rotatable bonds is 2. The molecule has 2 aromatic carbocycles. The zero-order valence-electron chi connectivity index (χ0n) is 14.7. The molecule has 0 atom stereocenters. The molecule has 0 saturated heterocycles. The van der Waals surface area contributed by atoms with Crippen LogP contribution in [-0.2, 0) is 11.2 Å². The molecule has 0 aliphatic carbocycles. The molecule has 1 aromatic heterocycles. The maximum Gasteiger partial charge on any atom is 0.223 e. The second-order valence-electron chi connectivity index (χ2n) is 6.56. The number of benzene rings is 2. The lowest BCUT2D eigenvalue weighted by Crippen LogP contribution is -2.25. The highest BCUT2D eigenvalue weighted by Gasteiger charge is 2.23. The molecule has 0 unspecified atom stereocenters. The number of carbonyl (C=O) groups is 1. The zero-order valence-corrected chi connectivity index (χ0v) is 15.5. The van der Waals surface area contributed by atoms with Crippen LogP contribution < -0.4 is 4.90 Å². The number of amides is 1. The van der Waals surface area contributed by atoms with Crippen molar-refractivity contribution in [2.24, 2.45) is 0 Å². The van der Waals surface area contributed by atoms with Gasteiger partial charge in [0.2, 0.25) is 5.91 Å². The molecule has 3 aromatic rings. The fraction of sp³-hybridized carbons (Fsp3) is 0.238. The predicted octanol–water partition coefficient (Wildman–Crippen LogP) is 5.00. The molecule has 2 heterocycles. The Labute approximate surface area is 152 Å². The summed E-state index contributed by atoms with van der Waals surface area (Å²) in [6.07, 6.45) is 0.913. The molecular formula is C21H20N2OS. The van der Waals surface area contributed by atoms with E-state index in [9.17, 15) is 4.79 Å². The first-order chi connectivity index (χ1) is 12.0. The first-order valence-corrected chi connectivity index (χ1v) is 9.30. The monoisotopic (exact) mass is 348 g/mol. The molecule has 4 heteroatoms. The van der Waals surface area contributed by atoms with Crippen LogP contribution >= 0.6 is 11.3 Å². The van der Waals surface area contributed by atoms with E-state index in [1.54, 1.807) is 18.3 Å². The van der Waals surface area contributed by atoms with Crippen LogP contribution in [0.3, 0.4) is 0 Å². The van der Waals surface area contributed by atoms with Gasteiger partial charge in [0.25, 0.3) is 0 Å². The van der Waals surface area contributed by atoms with Gasteiger partial charge in [-0.1, -0.05) is 29.8 Å². The van der Waals surface area contributed by atoms with Crippen molar-refractivity contribution in [2.75, 3.05) is 11.4 Å². The van der Waals surface area contributed by atoms with Gasteiger partial charge in [-0.25, -0.2) is 4.98 Å². The third-order valence-corrected chi connectivity index (χ3v) is 5.71. The maximum atomic E-state index is 11.7. The quantitative estimate of drug-likeness (QED) is 0.653. The van der Waals surface area contributed by atoms with Gasteiger partial charge in [-0.3, -0.25) is 4.79 Å². The number of hydrogen-bond acceptors (Lipinski definition) is 3. The molecule has 0 fully saturated rings. The Kier molecular flexibility index (Phi) is 3.92. The average Bonchev–Trinajstić information content (AvgIpc) is 3.17. The number of fused-ring (bicyclic) bond motifs is 1. The van der Waals surface area contributed by atoms with E-state index in [1.165, 1.54) is 21.6 Å². The summed E-state index contributed by atoms with van der Waals surface area (Å²) in [5, 5.41) is 1.06. The summed E-state index contributed by atoms with van der Waals surface area (Å²) in [6, 6.07) is 14.8. The molecule has 0 saturated carbocycles. The fourth-order valence-corrected chi connectivity index (χ4v) is 4.37. The Morgan fingerprint density at radius 1 is 1.12 bits per heavy atom. The summed E-state index contributed by atoms with van der Waals surface area (Å²) >= 11 is 1.73. The summed E-state index contributed by atoms with van der Waals surface area (Å²) in [4.78, 5) is 19.7. The third-order valence-electron chi connectivity index (χ3n) is 4.69. The second kappa shape index (κ2) is 6.12. The molecule has 25 heavy (non-hydrogen) atoms. The van der Waals surface area contributed by atoms with Gasteiger partial charge in [-0.2, -0.15) is 0 Å². The van der Waals surface area contributed by atoms with E-state index in [0.717, 1.165) is 34.9 Å². The molecule has 1 amide bonds. The lowest BCUT2D eigenvalue weighted by atomic mass is 10.1. The summed E-state index contributed by atoms with van der Waals surface area (Å²) < 4.78 is 0. The van der Waals surface area contributed by atoms with Gasteiger partial charge in [-0.05, 0) is 44.0 Å². The van der Waals surface area contributed by atoms with E-state index in [-0.39, 0.29) is 5.91 Å². The lowest BCUT2D eigenvalue weighted by molar-refractivity contribution is -0.116. The smallest absolute Gasteiger partial charge is 0.223 e. The van der Waals surface area contributed by atoms with E-state index >= 15 is 0 Å². The standard InChI is InChI=1S/C21H20N2OS/c1-13-5-4-6-18(11-13)21-22-20(14(2)25-21)17-7-8-19-16(12-17)9-10-23(19)15(3)24/h4-8,11-12H,9-10H2,1-3H3. The van der Waals surface area contributed by atoms with Gasteiger partial charge >= 0.3 is 0 Å². The van der Waals surface area contributed by atoms with Crippen molar-refractivity contribution in [3.8, 4) is 21.8 Å². The lowest BCUT2D eigenvalue weighted by Gasteiger charge is -2.14. The minimum absolute atomic E-state index is 0.109. The van der Waals surface area contributed by atoms with Gasteiger partial charge in [-0.15, -0.1) is 11.3 Å². The highest BCUT2D eigenvalue weighted by atomic mass is 32.1. The summed E-state index contributed by atoms with van der Waals surface area (Å²) in [5.41, 5.74) is 6.87. The summed E-state index contributed by atoms with van der Waals surface area (Å²) in [6.45, 7) is 6.63. The fourth-order valence-electron chi connectivity index (χ4n) is 3.44. The molecule has 126 valence electrons. The van der Waals surface area contributed by atoms with Crippen LogP contribution in [0.15, 0.2) is 42.5 Å². The van der Waals surface area contributed by atoms with Crippen molar-refractivity contribution < 1.29 is 4.79 Å². The Hall–Kier alpha value is -2.46. The number of anilines is 1. The molecule has 3 nitrogen and oxygen atoms in total. The van der Waals surface area contributed by atoms with Gasteiger partial charge in [0.1, 0.15) is 5.01 Å². The van der Waals surface area contributed by atoms with Crippen molar-refractivity contribution in [2.45, 2.75) is 27.2 Å². The molecule has 0 bridgehead atoms. The van der Waals surface area contributed by atoms with Crippen molar-refractivity contribution in [3.05, 3.63) is 58.5 Å². The minimum atomic E-state index is 0.109. The van der Waals surface area contributed by atoms with Crippen molar-refractivity contribution >= 4 is 22.9 Å². The zero-order chi connectivity index (χ0) is 17.6. The molecule has 4 rings (SSSR count). The number of aryl methyl sites for hydroxylation is 2. The minimum Gasteiger partial charge on any atom is -0.312 e. The van der Waals surface area contributed by atoms with E-state index in [2.05, 4.69) is 56.3 Å². The topological polar surface area (TPSA) is 33.2 Å². The van der Waals surface area contributed by atoms with Crippen LogP contribution in [-0.4, -0.2) is 17.4 Å².